The number of rotatable bonds is 6. The van der Waals surface area contributed by atoms with Crippen LogP contribution < -0.4 is 16.0 Å². The van der Waals surface area contributed by atoms with Crippen molar-refractivity contribution in [3.8, 4) is 0 Å². The van der Waals surface area contributed by atoms with Gasteiger partial charge in [0.05, 0.1) is 0 Å². The van der Waals surface area contributed by atoms with Crippen molar-refractivity contribution in [2.24, 2.45) is 0 Å². The summed E-state index contributed by atoms with van der Waals surface area (Å²) >= 11 is 0. The molecule has 28 heavy (non-hydrogen) atoms. The lowest BCUT2D eigenvalue weighted by atomic mass is 10.1. The minimum Gasteiger partial charge on any atom is -0.378 e. The number of nitrogens with one attached hydrogen (secondary N) is 3. The smallest absolute Gasteiger partial charge is 0.274 e. The first-order valence-corrected chi connectivity index (χ1v) is 8.98. The molecule has 1 unspecified atom stereocenters. The SMILES string of the molecule is CC(=O)Nc1ccc(NC(=O)c2cc(NC(C)c3ccccc3)ccn2)cc1. The van der Waals surface area contributed by atoms with E-state index in [-0.39, 0.29) is 17.9 Å². The number of carbonyl (C=O) groups excluding carboxylic acids is 2. The van der Waals surface area contributed by atoms with Gasteiger partial charge < -0.3 is 16.0 Å². The number of nitrogens with zero attached hydrogens (tertiary/aromatic N) is 1. The molecule has 0 saturated heterocycles. The molecule has 3 N–H and O–H groups in total. The summed E-state index contributed by atoms with van der Waals surface area (Å²) in [6, 6.07) is 20.6. The monoisotopic (exact) mass is 374 g/mol. The molecular formula is C22H22N4O2. The van der Waals surface area contributed by atoms with Crippen LogP contribution in [0.2, 0.25) is 0 Å². The van der Waals surface area contributed by atoms with E-state index in [9.17, 15) is 9.59 Å². The second-order valence-electron chi connectivity index (χ2n) is 6.42. The minimum absolute atomic E-state index is 0.0980. The van der Waals surface area contributed by atoms with Crippen LogP contribution in [-0.2, 0) is 4.79 Å². The maximum atomic E-state index is 12.5. The Labute approximate surface area is 164 Å². The van der Waals surface area contributed by atoms with Gasteiger partial charge in [-0.3, -0.25) is 14.6 Å². The van der Waals surface area contributed by atoms with Crippen LogP contribution in [0.1, 0.15) is 35.9 Å². The van der Waals surface area contributed by atoms with Gasteiger partial charge in [-0.1, -0.05) is 30.3 Å². The number of pyridine rings is 1. The van der Waals surface area contributed by atoms with Crippen molar-refractivity contribution >= 4 is 28.9 Å². The van der Waals surface area contributed by atoms with Crippen LogP contribution >= 0.6 is 0 Å². The van der Waals surface area contributed by atoms with E-state index >= 15 is 0 Å². The van der Waals surface area contributed by atoms with Crippen LogP contribution in [0.15, 0.2) is 72.9 Å². The van der Waals surface area contributed by atoms with Crippen molar-refractivity contribution < 1.29 is 9.59 Å². The Morgan fingerprint density at radius 1 is 0.857 bits per heavy atom. The van der Waals surface area contributed by atoms with Gasteiger partial charge in [0.25, 0.3) is 5.91 Å². The van der Waals surface area contributed by atoms with Crippen molar-refractivity contribution in [2.75, 3.05) is 16.0 Å². The number of hydrogen-bond donors (Lipinski definition) is 3. The molecule has 0 aliphatic rings. The molecule has 2 amide bonds. The third kappa shape index (κ3) is 5.17. The molecule has 3 aromatic rings. The van der Waals surface area contributed by atoms with E-state index in [0.29, 0.717) is 17.1 Å². The number of benzene rings is 2. The molecule has 0 saturated carbocycles. The Kier molecular flexibility index (Phi) is 6.01. The van der Waals surface area contributed by atoms with Gasteiger partial charge in [0.15, 0.2) is 0 Å². The summed E-state index contributed by atoms with van der Waals surface area (Å²) in [6.07, 6.45) is 1.61. The quantitative estimate of drug-likeness (QED) is 0.595. The zero-order valence-electron chi connectivity index (χ0n) is 15.8. The molecule has 6 nitrogen and oxygen atoms in total. The molecule has 2 aromatic carbocycles. The highest BCUT2D eigenvalue weighted by atomic mass is 16.2. The summed E-state index contributed by atoms with van der Waals surface area (Å²) in [6.45, 7) is 3.51. The summed E-state index contributed by atoms with van der Waals surface area (Å²) in [5.41, 5.74) is 3.58. The molecule has 3 rings (SSSR count). The van der Waals surface area contributed by atoms with Crippen molar-refractivity contribution in [3.63, 3.8) is 0 Å². The van der Waals surface area contributed by atoms with Gasteiger partial charge in [0.2, 0.25) is 5.91 Å². The van der Waals surface area contributed by atoms with Crippen LogP contribution in [0.5, 0.6) is 0 Å². The van der Waals surface area contributed by atoms with Gasteiger partial charge in [0.1, 0.15) is 5.69 Å². The zero-order valence-corrected chi connectivity index (χ0v) is 15.8. The Morgan fingerprint density at radius 2 is 1.50 bits per heavy atom. The average Bonchev–Trinajstić information content (AvgIpc) is 2.70. The predicted octanol–water partition coefficient (Wildman–Crippen LogP) is 4.47. The molecule has 6 heteroatoms. The normalized spacial score (nSPS) is 11.4. The van der Waals surface area contributed by atoms with Crippen molar-refractivity contribution in [1.29, 1.82) is 0 Å². The molecule has 142 valence electrons. The summed E-state index contributed by atoms with van der Waals surface area (Å²) in [5.74, 6) is -0.446. The topological polar surface area (TPSA) is 83.1 Å². The summed E-state index contributed by atoms with van der Waals surface area (Å²) < 4.78 is 0. The van der Waals surface area contributed by atoms with E-state index in [1.165, 1.54) is 6.92 Å². The molecule has 1 heterocycles. The highest BCUT2D eigenvalue weighted by Crippen LogP contribution is 2.20. The maximum Gasteiger partial charge on any atom is 0.274 e. The van der Waals surface area contributed by atoms with Gasteiger partial charge >= 0.3 is 0 Å². The summed E-state index contributed by atoms with van der Waals surface area (Å²) in [5, 5.41) is 8.88. The third-order valence-corrected chi connectivity index (χ3v) is 4.14. The van der Waals surface area contributed by atoms with Gasteiger partial charge in [-0.05, 0) is 48.9 Å². The molecular weight excluding hydrogens is 352 g/mol. The van der Waals surface area contributed by atoms with E-state index in [2.05, 4.69) is 40.0 Å². The van der Waals surface area contributed by atoms with E-state index < -0.39 is 0 Å². The van der Waals surface area contributed by atoms with Crippen LogP contribution in [-0.4, -0.2) is 16.8 Å². The third-order valence-electron chi connectivity index (χ3n) is 4.14. The average molecular weight is 374 g/mol. The number of aromatic nitrogens is 1. The maximum absolute atomic E-state index is 12.5. The lowest BCUT2D eigenvalue weighted by Crippen LogP contribution is -2.14. The van der Waals surface area contributed by atoms with Gasteiger partial charge in [-0.25, -0.2) is 0 Å². The fourth-order valence-electron chi connectivity index (χ4n) is 2.75. The largest absolute Gasteiger partial charge is 0.378 e. The standard InChI is InChI=1S/C22H22N4O2/c1-15(17-6-4-3-5-7-17)24-20-12-13-23-21(14-20)22(28)26-19-10-8-18(9-11-19)25-16(2)27/h3-15H,1-2H3,(H,23,24)(H,25,27)(H,26,28). The fraction of sp³-hybridized carbons (Fsp3) is 0.136. The fourth-order valence-corrected chi connectivity index (χ4v) is 2.75. The van der Waals surface area contributed by atoms with Crippen molar-refractivity contribution in [3.05, 3.63) is 84.2 Å². The number of hydrogen-bond acceptors (Lipinski definition) is 4. The molecule has 0 fully saturated rings. The Morgan fingerprint density at radius 3 is 2.14 bits per heavy atom. The van der Waals surface area contributed by atoms with E-state index in [1.807, 2.05) is 24.3 Å². The highest BCUT2D eigenvalue weighted by Gasteiger charge is 2.10. The van der Waals surface area contributed by atoms with Crippen molar-refractivity contribution in [1.82, 2.24) is 4.98 Å². The number of carbonyl (C=O) groups is 2. The van der Waals surface area contributed by atoms with E-state index in [4.69, 9.17) is 0 Å². The van der Waals surface area contributed by atoms with Crippen molar-refractivity contribution in [2.45, 2.75) is 19.9 Å². The van der Waals surface area contributed by atoms with Gasteiger partial charge in [-0.2, -0.15) is 0 Å². The molecule has 0 radical (unpaired) electrons. The second kappa shape index (κ2) is 8.81. The molecule has 0 aliphatic heterocycles. The first kappa shape index (κ1) is 19.1. The summed E-state index contributed by atoms with van der Waals surface area (Å²) in [7, 11) is 0. The Balaban J connectivity index is 1.66. The predicted molar refractivity (Wildman–Crippen MR) is 111 cm³/mol. The Bertz CT molecular complexity index is 956. The molecule has 0 bridgehead atoms. The van der Waals surface area contributed by atoms with Gasteiger partial charge in [-0.15, -0.1) is 0 Å². The molecule has 0 spiro atoms. The highest BCUT2D eigenvalue weighted by molar-refractivity contribution is 6.03. The van der Waals surface area contributed by atoms with Crippen LogP contribution in [0.25, 0.3) is 0 Å². The first-order chi connectivity index (χ1) is 13.5. The first-order valence-electron chi connectivity index (χ1n) is 8.98. The van der Waals surface area contributed by atoms with Crippen LogP contribution in [0.3, 0.4) is 0 Å². The number of amides is 2. The van der Waals surface area contributed by atoms with Gasteiger partial charge in [0, 0.05) is 36.2 Å². The number of anilines is 3. The molecule has 0 aliphatic carbocycles. The second-order valence-corrected chi connectivity index (χ2v) is 6.42. The molecule has 1 atom stereocenters. The minimum atomic E-state index is -0.303. The zero-order chi connectivity index (χ0) is 19.9. The lowest BCUT2D eigenvalue weighted by Gasteiger charge is -2.16. The van der Waals surface area contributed by atoms with E-state index in [1.54, 1.807) is 36.5 Å². The molecule has 1 aromatic heterocycles. The summed E-state index contributed by atoms with van der Waals surface area (Å²) in [4.78, 5) is 27.7. The van der Waals surface area contributed by atoms with Crippen LogP contribution in [0, 0.1) is 0 Å². The Hall–Kier alpha value is -3.67. The lowest BCUT2D eigenvalue weighted by molar-refractivity contribution is -0.114. The van der Waals surface area contributed by atoms with Crippen LogP contribution in [0.4, 0.5) is 17.1 Å². The van der Waals surface area contributed by atoms with E-state index in [0.717, 1.165) is 11.3 Å².